The minimum atomic E-state index is -4.42. The molecule has 1 N–H and O–H groups in total. The zero-order valence-corrected chi connectivity index (χ0v) is 15.5. The minimum absolute atomic E-state index is 0.0329. The van der Waals surface area contributed by atoms with Crippen LogP contribution in [0.5, 0.6) is 0 Å². The molecule has 0 aliphatic rings. The highest BCUT2D eigenvalue weighted by Gasteiger charge is 2.30. The lowest BCUT2D eigenvalue weighted by Crippen LogP contribution is -2.36. The molecular formula is C15H12Cl2N2O6S. The van der Waals surface area contributed by atoms with Gasteiger partial charge in [-0.3, -0.25) is 19.2 Å². The van der Waals surface area contributed by atoms with E-state index in [1.165, 1.54) is 31.2 Å². The number of hydrogen-bond donors (Lipinski definition) is 1. The van der Waals surface area contributed by atoms with Gasteiger partial charge in [-0.2, -0.15) is 0 Å². The van der Waals surface area contributed by atoms with Crippen LogP contribution in [0, 0.1) is 17.0 Å². The van der Waals surface area contributed by atoms with Gasteiger partial charge in [0.05, 0.1) is 25.6 Å². The molecule has 0 radical (unpaired) electrons. The first-order valence-corrected chi connectivity index (χ1v) is 9.18. The number of carbonyl (C=O) groups is 1. The molecule has 11 heteroatoms. The molecule has 0 bridgehead atoms. The van der Waals surface area contributed by atoms with Crippen LogP contribution in [0.1, 0.15) is 5.56 Å². The maximum Gasteiger partial charge on any atom is 0.324 e. The fourth-order valence-electron chi connectivity index (χ4n) is 2.18. The Balaban J connectivity index is 2.67. The predicted octanol–water partition coefficient (Wildman–Crippen LogP) is 3.49. The topological polar surface area (TPSA) is 118 Å². The van der Waals surface area contributed by atoms with Gasteiger partial charge in [0, 0.05) is 12.1 Å². The van der Waals surface area contributed by atoms with E-state index in [1.54, 1.807) is 0 Å². The van der Waals surface area contributed by atoms with E-state index < -0.39 is 33.1 Å². The van der Waals surface area contributed by atoms with E-state index >= 15 is 0 Å². The Morgan fingerprint density at radius 1 is 1.19 bits per heavy atom. The highest BCUT2D eigenvalue weighted by Crippen LogP contribution is 2.32. The number of aryl methyl sites for hydroxylation is 1. The largest absolute Gasteiger partial charge is 0.480 e. The summed E-state index contributed by atoms with van der Waals surface area (Å²) in [5.41, 5.74) is -0.239. The Morgan fingerprint density at radius 2 is 1.85 bits per heavy atom. The first-order valence-electron chi connectivity index (χ1n) is 6.98. The second-order valence-electron chi connectivity index (χ2n) is 5.21. The first kappa shape index (κ1) is 20.0. The smallest absolute Gasteiger partial charge is 0.324 e. The SMILES string of the molecule is Cc1ccc([N+](=O)[O-])cc1S(=O)(=O)N(CC(=O)O)c1ccc(Cl)c(Cl)c1. The number of benzene rings is 2. The number of carboxylic acids is 1. The number of anilines is 1. The molecule has 0 unspecified atom stereocenters. The molecule has 26 heavy (non-hydrogen) atoms. The quantitative estimate of drug-likeness (QED) is 0.566. The third kappa shape index (κ3) is 4.06. The molecule has 0 fully saturated rings. The number of carboxylic acid groups (broad SMARTS) is 1. The summed E-state index contributed by atoms with van der Waals surface area (Å²) >= 11 is 11.7. The number of sulfonamides is 1. The van der Waals surface area contributed by atoms with Crippen LogP contribution < -0.4 is 4.31 Å². The number of aliphatic carboxylic acids is 1. The lowest BCUT2D eigenvalue weighted by molar-refractivity contribution is -0.385. The monoisotopic (exact) mass is 418 g/mol. The van der Waals surface area contributed by atoms with Crippen molar-refractivity contribution in [1.82, 2.24) is 0 Å². The molecule has 0 amide bonds. The number of nitro groups is 1. The summed E-state index contributed by atoms with van der Waals surface area (Å²) in [6.07, 6.45) is 0. The van der Waals surface area contributed by atoms with Crippen molar-refractivity contribution in [3.63, 3.8) is 0 Å². The van der Waals surface area contributed by atoms with Crippen LogP contribution in [-0.2, 0) is 14.8 Å². The molecule has 0 saturated heterocycles. The average molecular weight is 419 g/mol. The third-order valence-corrected chi connectivity index (χ3v) is 6.08. The molecule has 138 valence electrons. The molecular weight excluding hydrogens is 407 g/mol. The van der Waals surface area contributed by atoms with E-state index in [9.17, 15) is 23.3 Å². The Morgan fingerprint density at radius 3 is 2.38 bits per heavy atom. The fourth-order valence-corrected chi connectivity index (χ4v) is 4.12. The molecule has 0 aliphatic heterocycles. The highest BCUT2D eigenvalue weighted by atomic mass is 35.5. The van der Waals surface area contributed by atoms with E-state index in [1.807, 2.05) is 0 Å². The van der Waals surface area contributed by atoms with Crippen LogP contribution in [0.25, 0.3) is 0 Å². The van der Waals surface area contributed by atoms with Gasteiger partial charge in [0.15, 0.2) is 0 Å². The first-order chi connectivity index (χ1) is 12.0. The lowest BCUT2D eigenvalue weighted by atomic mass is 10.2. The standard InChI is InChI=1S/C15H12Cl2N2O6S/c1-9-2-3-11(19(22)23)7-14(9)26(24,25)18(8-15(20)21)10-4-5-12(16)13(17)6-10/h2-7H,8H2,1H3,(H,20,21). The van der Waals surface area contributed by atoms with Crippen molar-refractivity contribution in [2.75, 3.05) is 10.8 Å². The number of nitro benzene ring substituents is 1. The summed E-state index contributed by atoms with van der Waals surface area (Å²) in [6, 6.07) is 7.15. The van der Waals surface area contributed by atoms with Crippen molar-refractivity contribution in [1.29, 1.82) is 0 Å². The average Bonchev–Trinajstić information content (AvgIpc) is 2.55. The Kier molecular flexibility index (Phi) is 5.74. The van der Waals surface area contributed by atoms with Gasteiger partial charge in [-0.05, 0) is 30.7 Å². The lowest BCUT2D eigenvalue weighted by Gasteiger charge is -2.24. The van der Waals surface area contributed by atoms with Crippen LogP contribution in [0.3, 0.4) is 0 Å². The molecule has 2 rings (SSSR count). The molecule has 0 atom stereocenters. The van der Waals surface area contributed by atoms with Gasteiger partial charge in [-0.1, -0.05) is 29.3 Å². The van der Waals surface area contributed by atoms with Gasteiger partial charge in [-0.25, -0.2) is 8.42 Å². The Bertz CT molecular complexity index is 994. The summed E-state index contributed by atoms with van der Waals surface area (Å²) in [5, 5.41) is 20.3. The molecule has 2 aromatic carbocycles. The van der Waals surface area contributed by atoms with E-state index in [-0.39, 0.29) is 26.2 Å². The maximum atomic E-state index is 13.0. The summed E-state index contributed by atoms with van der Waals surface area (Å²) in [5.74, 6) is -1.41. The molecule has 2 aromatic rings. The third-order valence-electron chi connectivity index (χ3n) is 3.42. The van der Waals surface area contributed by atoms with Crippen molar-refractivity contribution < 1.29 is 23.2 Å². The van der Waals surface area contributed by atoms with Gasteiger partial charge in [0.1, 0.15) is 6.54 Å². The van der Waals surface area contributed by atoms with Crippen molar-refractivity contribution in [2.24, 2.45) is 0 Å². The van der Waals surface area contributed by atoms with Crippen LogP contribution in [-0.4, -0.2) is 31.0 Å². The number of rotatable bonds is 6. The number of halogens is 2. The molecule has 8 nitrogen and oxygen atoms in total. The Hall–Kier alpha value is -2.36. The van der Waals surface area contributed by atoms with E-state index in [0.29, 0.717) is 4.31 Å². The summed E-state index contributed by atoms with van der Waals surface area (Å²) in [7, 11) is -4.42. The van der Waals surface area contributed by atoms with E-state index in [4.69, 9.17) is 28.3 Å². The maximum absolute atomic E-state index is 13.0. The number of non-ortho nitro benzene ring substituents is 1. The molecule has 0 aliphatic carbocycles. The van der Waals surface area contributed by atoms with Gasteiger partial charge < -0.3 is 5.11 Å². The van der Waals surface area contributed by atoms with Gasteiger partial charge >= 0.3 is 5.97 Å². The van der Waals surface area contributed by atoms with Crippen LogP contribution in [0.2, 0.25) is 10.0 Å². The van der Waals surface area contributed by atoms with Crippen LogP contribution in [0.15, 0.2) is 41.3 Å². The van der Waals surface area contributed by atoms with Crippen LogP contribution >= 0.6 is 23.2 Å². The number of hydrogen-bond acceptors (Lipinski definition) is 5. The predicted molar refractivity (Wildman–Crippen MR) is 96.5 cm³/mol. The van der Waals surface area contributed by atoms with Gasteiger partial charge in [-0.15, -0.1) is 0 Å². The molecule has 0 heterocycles. The summed E-state index contributed by atoms with van der Waals surface area (Å²) < 4.78 is 26.6. The van der Waals surface area contributed by atoms with Gasteiger partial charge in [0.2, 0.25) is 0 Å². The summed E-state index contributed by atoms with van der Waals surface area (Å²) in [6.45, 7) is 0.548. The molecule has 0 saturated carbocycles. The van der Waals surface area contributed by atoms with Crippen molar-refractivity contribution in [3.05, 3.63) is 62.1 Å². The van der Waals surface area contributed by atoms with Gasteiger partial charge in [0.25, 0.3) is 15.7 Å². The normalized spacial score (nSPS) is 11.2. The fraction of sp³-hybridized carbons (Fsp3) is 0.133. The van der Waals surface area contributed by atoms with Crippen molar-refractivity contribution >= 4 is 50.6 Å². The van der Waals surface area contributed by atoms with Crippen molar-refractivity contribution in [2.45, 2.75) is 11.8 Å². The zero-order chi connectivity index (χ0) is 19.6. The number of nitrogens with zero attached hydrogens (tertiary/aromatic N) is 2. The molecule has 0 spiro atoms. The highest BCUT2D eigenvalue weighted by molar-refractivity contribution is 7.93. The Labute approximate surface area is 158 Å². The summed E-state index contributed by atoms with van der Waals surface area (Å²) in [4.78, 5) is 21.0. The van der Waals surface area contributed by atoms with Crippen LogP contribution in [0.4, 0.5) is 11.4 Å². The molecule has 0 aromatic heterocycles. The second kappa shape index (κ2) is 7.48. The van der Waals surface area contributed by atoms with E-state index in [0.717, 1.165) is 12.1 Å². The minimum Gasteiger partial charge on any atom is -0.480 e. The zero-order valence-electron chi connectivity index (χ0n) is 13.2. The van der Waals surface area contributed by atoms with Crippen molar-refractivity contribution in [3.8, 4) is 0 Å². The second-order valence-corrected chi connectivity index (χ2v) is 7.86. The van der Waals surface area contributed by atoms with E-state index in [2.05, 4.69) is 0 Å².